The Kier molecular flexibility index (Phi) is 2.55. The van der Waals surface area contributed by atoms with Crippen LogP contribution in [0.2, 0.25) is 0 Å². The lowest BCUT2D eigenvalue weighted by Gasteiger charge is -1.98. The van der Waals surface area contributed by atoms with Crippen LogP contribution in [0.4, 0.5) is 0 Å². The third-order valence-electron chi connectivity index (χ3n) is 1.92. The number of carboxylic acid groups (broad SMARTS) is 1. The maximum absolute atomic E-state index is 10.5. The molecule has 15 heavy (non-hydrogen) atoms. The van der Waals surface area contributed by atoms with Gasteiger partial charge in [0, 0.05) is 0 Å². The molecule has 2 rings (SSSR count). The zero-order valence-electron chi connectivity index (χ0n) is 7.64. The fraction of sp³-hybridized carbons (Fsp3) is 0.100. The third kappa shape index (κ3) is 2.07. The second kappa shape index (κ2) is 3.86. The predicted octanol–water partition coefficient (Wildman–Crippen LogP) is 1.77. The zero-order chi connectivity index (χ0) is 10.8. The number of carboxylic acids is 1. The lowest BCUT2D eigenvalue weighted by atomic mass is 10.2. The predicted molar refractivity (Wildman–Crippen MR) is 57.2 cm³/mol. The molecule has 1 N–H and O–H groups in total. The molecule has 1 heterocycles. The summed E-state index contributed by atoms with van der Waals surface area (Å²) in [5, 5.41) is 8.64. The van der Waals surface area contributed by atoms with Gasteiger partial charge in [0.1, 0.15) is 0 Å². The molecule has 1 aromatic rings. The van der Waals surface area contributed by atoms with Crippen molar-refractivity contribution < 1.29 is 19.4 Å². The largest absolute Gasteiger partial charge is 0.477 e. The quantitative estimate of drug-likeness (QED) is 0.593. The highest BCUT2D eigenvalue weighted by Crippen LogP contribution is 2.33. The van der Waals surface area contributed by atoms with Crippen molar-refractivity contribution in [1.29, 1.82) is 0 Å². The Morgan fingerprint density at radius 1 is 1.40 bits per heavy atom. The highest BCUT2D eigenvalue weighted by molar-refractivity contribution is 7.85. The zero-order valence-corrected chi connectivity index (χ0v) is 8.53. The van der Waals surface area contributed by atoms with Crippen molar-refractivity contribution in [2.45, 2.75) is 0 Å². The van der Waals surface area contributed by atoms with E-state index in [9.17, 15) is 4.79 Å². The smallest absolute Gasteiger partial charge is 0.341 e. The van der Waals surface area contributed by atoms with Gasteiger partial charge in [-0.05, 0) is 23.8 Å². The molecule has 0 atom stereocenters. The van der Waals surface area contributed by atoms with Gasteiger partial charge in [0.05, 0.1) is 4.91 Å². The summed E-state index contributed by atoms with van der Waals surface area (Å²) in [5.41, 5.74) is 0.714. The van der Waals surface area contributed by atoms with E-state index in [0.717, 1.165) is 0 Å². The number of aliphatic carboxylic acids is 1. The molecule has 1 aliphatic rings. The molecule has 0 saturated heterocycles. The maximum Gasteiger partial charge on any atom is 0.341 e. The van der Waals surface area contributed by atoms with E-state index >= 15 is 0 Å². The van der Waals surface area contributed by atoms with Crippen LogP contribution in [0.5, 0.6) is 11.5 Å². The second-order valence-corrected chi connectivity index (χ2v) is 3.43. The molecule has 0 aromatic heterocycles. The fourth-order valence-electron chi connectivity index (χ4n) is 1.22. The molecular formula is C10H8O4S. The Morgan fingerprint density at radius 2 is 2.13 bits per heavy atom. The van der Waals surface area contributed by atoms with E-state index in [4.69, 9.17) is 14.6 Å². The molecule has 1 aliphatic heterocycles. The standard InChI is InChI=1S/C10H8O4S/c11-10(12)9(15)4-6-1-2-7-8(3-6)14-5-13-7/h1-4,15H,5H2,(H,11,12)/b9-4-. The molecule has 0 radical (unpaired) electrons. The molecule has 0 unspecified atom stereocenters. The molecule has 0 bridgehead atoms. The Balaban J connectivity index is 2.31. The highest BCUT2D eigenvalue weighted by atomic mass is 32.1. The van der Waals surface area contributed by atoms with Crippen LogP contribution < -0.4 is 9.47 Å². The van der Waals surface area contributed by atoms with Gasteiger partial charge in [0.2, 0.25) is 6.79 Å². The van der Waals surface area contributed by atoms with Crippen LogP contribution in [0.1, 0.15) is 5.56 Å². The van der Waals surface area contributed by atoms with E-state index in [2.05, 4.69) is 12.6 Å². The monoisotopic (exact) mass is 224 g/mol. The minimum absolute atomic E-state index is 0.0196. The van der Waals surface area contributed by atoms with Gasteiger partial charge >= 0.3 is 5.97 Å². The van der Waals surface area contributed by atoms with Crippen LogP contribution in [-0.2, 0) is 4.79 Å². The number of hydrogen-bond donors (Lipinski definition) is 2. The molecule has 5 heteroatoms. The molecule has 4 nitrogen and oxygen atoms in total. The van der Waals surface area contributed by atoms with Crippen molar-refractivity contribution in [3.8, 4) is 11.5 Å². The summed E-state index contributed by atoms with van der Waals surface area (Å²) in [7, 11) is 0. The number of carbonyl (C=O) groups is 1. The lowest BCUT2D eigenvalue weighted by molar-refractivity contribution is -0.131. The first-order valence-electron chi connectivity index (χ1n) is 4.20. The summed E-state index contributed by atoms with van der Waals surface area (Å²) in [6.07, 6.45) is 1.45. The molecule has 0 spiro atoms. The van der Waals surface area contributed by atoms with E-state index < -0.39 is 5.97 Å². The average Bonchev–Trinajstić information content (AvgIpc) is 2.64. The third-order valence-corrected chi connectivity index (χ3v) is 2.24. The van der Waals surface area contributed by atoms with Gasteiger partial charge in [-0.15, -0.1) is 12.6 Å². The Bertz CT molecular complexity index is 439. The minimum atomic E-state index is -1.06. The summed E-state index contributed by atoms with van der Waals surface area (Å²) in [5.74, 6) is 0.231. The Morgan fingerprint density at radius 3 is 2.87 bits per heavy atom. The summed E-state index contributed by atoms with van der Waals surface area (Å²) in [6.45, 7) is 0.204. The molecular weight excluding hydrogens is 216 g/mol. The molecule has 0 amide bonds. The fourth-order valence-corrected chi connectivity index (χ4v) is 1.37. The van der Waals surface area contributed by atoms with E-state index in [1.807, 2.05) is 0 Å². The highest BCUT2D eigenvalue weighted by Gasteiger charge is 2.12. The van der Waals surface area contributed by atoms with E-state index in [-0.39, 0.29) is 11.7 Å². The molecule has 78 valence electrons. The first kappa shape index (κ1) is 9.92. The summed E-state index contributed by atoms with van der Waals surface area (Å²) in [6, 6.07) is 5.19. The van der Waals surface area contributed by atoms with Gasteiger partial charge in [-0.2, -0.15) is 0 Å². The topological polar surface area (TPSA) is 55.8 Å². The Labute approximate surface area is 91.5 Å². The van der Waals surface area contributed by atoms with Crippen LogP contribution in [-0.4, -0.2) is 17.9 Å². The first-order valence-corrected chi connectivity index (χ1v) is 4.65. The molecule has 0 fully saturated rings. The molecule has 1 aromatic carbocycles. The van der Waals surface area contributed by atoms with Crippen molar-refractivity contribution in [2.24, 2.45) is 0 Å². The van der Waals surface area contributed by atoms with Crippen molar-refractivity contribution in [1.82, 2.24) is 0 Å². The van der Waals surface area contributed by atoms with Gasteiger partial charge in [0.25, 0.3) is 0 Å². The summed E-state index contributed by atoms with van der Waals surface area (Å²) in [4.78, 5) is 10.5. The van der Waals surface area contributed by atoms with Crippen LogP contribution in [0, 0.1) is 0 Å². The van der Waals surface area contributed by atoms with E-state index in [1.54, 1.807) is 18.2 Å². The molecule has 0 saturated carbocycles. The van der Waals surface area contributed by atoms with Gasteiger partial charge in [0.15, 0.2) is 11.5 Å². The van der Waals surface area contributed by atoms with Crippen LogP contribution in [0.15, 0.2) is 23.1 Å². The normalized spacial score (nSPS) is 14.1. The van der Waals surface area contributed by atoms with E-state index in [1.165, 1.54) is 6.08 Å². The van der Waals surface area contributed by atoms with Gasteiger partial charge in [-0.25, -0.2) is 4.79 Å². The van der Waals surface area contributed by atoms with Gasteiger partial charge < -0.3 is 14.6 Å². The summed E-state index contributed by atoms with van der Waals surface area (Å²) >= 11 is 3.83. The second-order valence-electron chi connectivity index (χ2n) is 2.95. The van der Waals surface area contributed by atoms with E-state index in [0.29, 0.717) is 17.1 Å². The molecule has 0 aliphatic carbocycles. The van der Waals surface area contributed by atoms with Gasteiger partial charge in [-0.3, -0.25) is 0 Å². The number of thiol groups is 1. The number of rotatable bonds is 2. The van der Waals surface area contributed by atoms with Crippen LogP contribution in [0.3, 0.4) is 0 Å². The SMILES string of the molecule is O=C(O)/C(S)=C/c1ccc2c(c1)OCO2. The lowest BCUT2D eigenvalue weighted by Crippen LogP contribution is -1.93. The number of benzene rings is 1. The minimum Gasteiger partial charge on any atom is -0.477 e. The van der Waals surface area contributed by atoms with Crippen LogP contribution in [0.25, 0.3) is 6.08 Å². The van der Waals surface area contributed by atoms with Crippen molar-refractivity contribution >= 4 is 24.7 Å². The van der Waals surface area contributed by atoms with Gasteiger partial charge in [-0.1, -0.05) is 6.07 Å². The maximum atomic E-state index is 10.5. The van der Waals surface area contributed by atoms with Crippen molar-refractivity contribution in [2.75, 3.05) is 6.79 Å². The summed E-state index contributed by atoms with van der Waals surface area (Å²) < 4.78 is 10.3. The van der Waals surface area contributed by atoms with Crippen molar-refractivity contribution in [3.63, 3.8) is 0 Å². The number of hydrogen-bond acceptors (Lipinski definition) is 4. The average molecular weight is 224 g/mol. The first-order chi connectivity index (χ1) is 7.16. The number of ether oxygens (including phenoxy) is 2. The number of fused-ring (bicyclic) bond motifs is 1. The Hall–Kier alpha value is -1.62. The van der Waals surface area contributed by atoms with Crippen molar-refractivity contribution in [3.05, 3.63) is 28.7 Å². The van der Waals surface area contributed by atoms with Crippen LogP contribution >= 0.6 is 12.6 Å².